The molecule has 2 heterocycles. The van der Waals surface area contributed by atoms with Crippen LogP contribution in [0.5, 0.6) is 0 Å². The largest absolute Gasteiger partial charge is 0.306 e. The minimum absolute atomic E-state index is 0.0915. The molecule has 152 valence electrons. The molecule has 0 amide bonds. The van der Waals surface area contributed by atoms with Crippen LogP contribution < -0.4 is 5.32 Å². The second-order valence-electron chi connectivity index (χ2n) is 8.24. The number of aromatic nitrogens is 1. The molecule has 1 aromatic carbocycles. The van der Waals surface area contributed by atoms with E-state index in [1.54, 1.807) is 36.5 Å². The quantitative estimate of drug-likeness (QED) is 0.793. The van der Waals surface area contributed by atoms with Gasteiger partial charge in [-0.05, 0) is 35.2 Å². The Kier molecular flexibility index (Phi) is 5.67. The van der Waals surface area contributed by atoms with Crippen molar-refractivity contribution in [1.82, 2.24) is 10.3 Å². The molecule has 2 atom stereocenters. The topological polar surface area (TPSA) is 93.2 Å². The molecular weight excluding hydrogens is 396 g/mol. The maximum absolute atomic E-state index is 13.2. The van der Waals surface area contributed by atoms with Gasteiger partial charge in [-0.2, -0.15) is 0 Å². The number of benzene rings is 1. The van der Waals surface area contributed by atoms with Crippen molar-refractivity contribution in [2.75, 3.05) is 11.5 Å². The minimum atomic E-state index is -3.79. The molecule has 8 heteroatoms. The molecule has 28 heavy (non-hydrogen) atoms. The molecule has 0 aliphatic carbocycles. The summed E-state index contributed by atoms with van der Waals surface area (Å²) in [6, 6.07) is 11.5. The van der Waals surface area contributed by atoms with E-state index in [0.717, 1.165) is 11.3 Å². The lowest BCUT2D eigenvalue weighted by molar-refractivity contribution is 0.522. The van der Waals surface area contributed by atoms with Gasteiger partial charge in [0.05, 0.1) is 27.3 Å². The Morgan fingerprint density at radius 1 is 1.07 bits per heavy atom. The Morgan fingerprint density at radius 2 is 1.75 bits per heavy atom. The molecule has 2 aromatic rings. The Balaban J connectivity index is 1.85. The van der Waals surface area contributed by atoms with Gasteiger partial charge >= 0.3 is 0 Å². The first-order valence-corrected chi connectivity index (χ1v) is 12.5. The first kappa shape index (κ1) is 21.0. The molecule has 1 aromatic heterocycles. The van der Waals surface area contributed by atoms with Gasteiger partial charge < -0.3 is 5.32 Å². The van der Waals surface area contributed by atoms with Crippen LogP contribution in [0, 0.1) is 0 Å². The molecule has 6 nitrogen and oxygen atoms in total. The summed E-state index contributed by atoms with van der Waals surface area (Å²) in [6.07, 6.45) is 1.65. The summed E-state index contributed by atoms with van der Waals surface area (Å²) in [6.45, 7) is 6.48. The molecule has 1 fully saturated rings. The molecule has 1 aliphatic rings. The summed E-state index contributed by atoms with van der Waals surface area (Å²) in [5, 5.41) is 2.08. The van der Waals surface area contributed by atoms with Gasteiger partial charge in [0.15, 0.2) is 19.7 Å². The average Bonchev–Trinajstić information content (AvgIpc) is 2.96. The summed E-state index contributed by atoms with van der Waals surface area (Å²) < 4.78 is 50.8. The second kappa shape index (κ2) is 7.57. The molecule has 0 saturated carbocycles. The van der Waals surface area contributed by atoms with Crippen molar-refractivity contribution < 1.29 is 16.8 Å². The lowest BCUT2D eigenvalue weighted by Gasteiger charge is -2.22. The van der Waals surface area contributed by atoms with Gasteiger partial charge in [0.25, 0.3) is 0 Å². The highest BCUT2D eigenvalue weighted by atomic mass is 32.2. The van der Waals surface area contributed by atoms with Crippen molar-refractivity contribution in [3.63, 3.8) is 0 Å². The molecule has 1 aliphatic heterocycles. The molecule has 0 radical (unpaired) electrons. The Hall–Kier alpha value is -1.77. The fourth-order valence-corrected chi connectivity index (χ4v) is 8.09. The normalized spacial score (nSPS) is 22.2. The van der Waals surface area contributed by atoms with Crippen LogP contribution in [0.2, 0.25) is 0 Å². The van der Waals surface area contributed by atoms with E-state index in [9.17, 15) is 16.8 Å². The second-order valence-corrected chi connectivity index (χ2v) is 12.6. The predicted octanol–water partition coefficient (Wildman–Crippen LogP) is 2.11. The minimum Gasteiger partial charge on any atom is -0.306 e. The Bertz CT molecular complexity index is 1030. The van der Waals surface area contributed by atoms with Crippen molar-refractivity contribution >= 4 is 19.7 Å². The third-order valence-electron chi connectivity index (χ3n) is 5.02. The van der Waals surface area contributed by atoms with Crippen LogP contribution in [0.15, 0.2) is 53.6 Å². The molecule has 0 spiro atoms. The lowest BCUT2D eigenvalue weighted by Crippen LogP contribution is -2.43. The number of hydrogen-bond acceptors (Lipinski definition) is 6. The highest BCUT2D eigenvalue weighted by molar-refractivity contribution is 7.96. The zero-order valence-electron chi connectivity index (χ0n) is 16.3. The average molecular weight is 423 g/mol. The fraction of sp³-hybridized carbons (Fsp3) is 0.450. The fourth-order valence-electron chi connectivity index (χ4n) is 3.37. The monoisotopic (exact) mass is 422 g/mol. The summed E-state index contributed by atoms with van der Waals surface area (Å²) in [5.41, 5.74) is 1.67. The molecule has 1 N–H and O–H groups in total. The van der Waals surface area contributed by atoms with Crippen LogP contribution in [-0.2, 0) is 31.6 Å². The number of nitrogens with zero attached hydrogens (tertiary/aromatic N) is 1. The smallest absolute Gasteiger partial charge is 0.183 e. The maximum Gasteiger partial charge on any atom is 0.183 e. The van der Waals surface area contributed by atoms with Crippen molar-refractivity contribution in [3.05, 3.63) is 59.9 Å². The van der Waals surface area contributed by atoms with Gasteiger partial charge in [0.1, 0.15) is 0 Å². The molecule has 0 unspecified atom stereocenters. The predicted molar refractivity (Wildman–Crippen MR) is 110 cm³/mol. The van der Waals surface area contributed by atoms with Crippen molar-refractivity contribution in [2.24, 2.45) is 0 Å². The summed E-state index contributed by atoms with van der Waals surface area (Å²) >= 11 is 0. The first-order valence-electron chi connectivity index (χ1n) is 9.17. The standard InChI is InChI=1S/C20H26N2O4S2/c1-20(2,3)15-7-9-17(10-8-15)28(25,26)19-14-27(23,24)13-18(19)22-12-16-6-4-5-11-21-16/h4-11,18-19,22H,12-14H2,1-3H3/t18-,19-/m1/s1. The summed E-state index contributed by atoms with van der Waals surface area (Å²) in [4.78, 5) is 4.35. The Labute approximate surface area is 167 Å². The molecule has 3 rings (SSSR count). The highest BCUT2D eigenvalue weighted by Crippen LogP contribution is 2.28. The van der Waals surface area contributed by atoms with E-state index in [4.69, 9.17) is 0 Å². The van der Waals surface area contributed by atoms with Crippen LogP contribution in [0.4, 0.5) is 0 Å². The van der Waals surface area contributed by atoms with Gasteiger partial charge in [-0.1, -0.05) is 39.0 Å². The molecular formula is C20H26N2O4S2. The number of hydrogen-bond donors (Lipinski definition) is 1. The van der Waals surface area contributed by atoms with Crippen molar-refractivity contribution in [2.45, 2.75) is 48.9 Å². The number of nitrogens with one attached hydrogen (secondary N) is 1. The SMILES string of the molecule is CC(C)(C)c1ccc(S(=O)(=O)[C@@H]2CS(=O)(=O)C[C@H]2NCc2ccccn2)cc1. The van der Waals surface area contributed by atoms with Gasteiger partial charge in [0, 0.05) is 18.8 Å². The van der Waals surface area contributed by atoms with Crippen LogP contribution in [0.1, 0.15) is 32.0 Å². The summed E-state index contributed by atoms with van der Waals surface area (Å²) in [7, 11) is -7.22. The van der Waals surface area contributed by atoms with Gasteiger partial charge in [-0.15, -0.1) is 0 Å². The van der Waals surface area contributed by atoms with Crippen LogP contribution >= 0.6 is 0 Å². The zero-order chi connectivity index (χ0) is 20.6. The van der Waals surface area contributed by atoms with Gasteiger partial charge in [0.2, 0.25) is 0 Å². The van der Waals surface area contributed by atoms with Gasteiger partial charge in [-0.25, -0.2) is 16.8 Å². The van der Waals surface area contributed by atoms with E-state index in [0.29, 0.717) is 6.54 Å². The number of sulfone groups is 2. The van der Waals surface area contributed by atoms with E-state index in [1.165, 1.54) is 0 Å². The zero-order valence-corrected chi connectivity index (χ0v) is 17.9. The van der Waals surface area contributed by atoms with E-state index >= 15 is 0 Å². The van der Waals surface area contributed by atoms with Crippen molar-refractivity contribution in [1.29, 1.82) is 0 Å². The van der Waals surface area contributed by atoms with Crippen LogP contribution in [-0.4, -0.2) is 44.6 Å². The van der Waals surface area contributed by atoms with E-state index < -0.39 is 31.0 Å². The maximum atomic E-state index is 13.2. The highest BCUT2D eigenvalue weighted by Gasteiger charge is 2.45. The Morgan fingerprint density at radius 3 is 2.32 bits per heavy atom. The van der Waals surface area contributed by atoms with E-state index in [-0.39, 0.29) is 21.8 Å². The third kappa shape index (κ3) is 4.61. The van der Waals surface area contributed by atoms with Crippen molar-refractivity contribution in [3.8, 4) is 0 Å². The molecule has 0 bridgehead atoms. The van der Waals surface area contributed by atoms with Gasteiger partial charge in [-0.3, -0.25) is 4.98 Å². The van der Waals surface area contributed by atoms with Crippen LogP contribution in [0.25, 0.3) is 0 Å². The number of pyridine rings is 1. The lowest BCUT2D eigenvalue weighted by atomic mass is 9.87. The number of rotatable bonds is 5. The third-order valence-corrected chi connectivity index (χ3v) is 9.19. The summed E-state index contributed by atoms with van der Waals surface area (Å²) in [5.74, 6) is -0.556. The first-order chi connectivity index (χ1) is 13.0. The molecule has 1 saturated heterocycles. The van der Waals surface area contributed by atoms with Crippen LogP contribution in [0.3, 0.4) is 0 Å². The van der Waals surface area contributed by atoms with E-state index in [1.807, 2.05) is 12.1 Å². The van der Waals surface area contributed by atoms with E-state index in [2.05, 4.69) is 31.1 Å².